The third kappa shape index (κ3) is 5.74. The Morgan fingerprint density at radius 1 is 0.964 bits per heavy atom. The summed E-state index contributed by atoms with van der Waals surface area (Å²) in [6, 6.07) is 13.1. The SMILES string of the molecule is Cc1ccc(C(=O)CCC(=O)N2CCN(CC(=O)Nc3ccccc3)CC2)s1. The number of rotatable bonds is 7. The third-order valence-corrected chi connectivity index (χ3v) is 5.77. The van der Waals surface area contributed by atoms with E-state index in [9.17, 15) is 14.4 Å². The van der Waals surface area contributed by atoms with Gasteiger partial charge in [0.05, 0.1) is 11.4 Å². The van der Waals surface area contributed by atoms with Crippen LogP contribution in [0.5, 0.6) is 0 Å². The van der Waals surface area contributed by atoms with Crippen LogP contribution < -0.4 is 5.32 Å². The van der Waals surface area contributed by atoms with Crippen LogP contribution in [-0.4, -0.2) is 60.1 Å². The van der Waals surface area contributed by atoms with Gasteiger partial charge in [-0.1, -0.05) is 18.2 Å². The van der Waals surface area contributed by atoms with Crippen LogP contribution in [0.15, 0.2) is 42.5 Å². The van der Waals surface area contributed by atoms with Gasteiger partial charge >= 0.3 is 0 Å². The molecule has 0 spiro atoms. The molecule has 1 aromatic heterocycles. The molecule has 0 atom stereocenters. The second-order valence-corrected chi connectivity index (χ2v) is 8.19. The van der Waals surface area contributed by atoms with Gasteiger partial charge in [0.1, 0.15) is 0 Å². The first kappa shape index (κ1) is 20.2. The lowest BCUT2D eigenvalue weighted by Crippen LogP contribution is -2.50. The number of para-hydroxylation sites is 1. The highest BCUT2D eigenvalue weighted by molar-refractivity contribution is 7.14. The van der Waals surface area contributed by atoms with Gasteiger partial charge in [0, 0.05) is 49.6 Å². The first-order valence-electron chi connectivity index (χ1n) is 9.46. The Kier molecular flexibility index (Phi) is 6.95. The molecule has 3 rings (SSSR count). The number of carbonyl (C=O) groups is 3. The van der Waals surface area contributed by atoms with Gasteiger partial charge in [0.25, 0.3) is 0 Å². The number of hydrogen-bond acceptors (Lipinski definition) is 5. The van der Waals surface area contributed by atoms with E-state index in [1.54, 1.807) is 4.90 Å². The van der Waals surface area contributed by atoms with Crippen LogP contribution in [0.3, 0.4) is 0 Å². The van der Waals surface area contributed by atoms with Crippen LogP contribution in [0.4, 0.5) is 5.69 Å². The van der Waals surface area contributed by atoms with Crippen molar-refractivity contribution in [2.45, 2.75) is 19.8 Å². The van der Waals surface area contributed by atoms with Crippen molar-refractivity contribution >= 4 is 34.6 Å². The Bertz CT molecular complexity index is 826. The summed E-state index contributed by atoms with van der Waals surface area (Å²) in [5.41, 5.74) is 0.784. The first-order valence-corrected chi connectivity index (χ1v) is 10.3. The van der Waals surface area contributed by atoms with E-state index in [-0.39, 0.29) is 30.4 Å². The fourth-order valence-electron chi connectivity index (χ4n) is 3.17. The summed E-state index contributed by atoms with van der Waals surface area (Å²) in [6.45, 7) is 4.77. The van der Waals surface area contributed by atoms with Gasteiger partial charge in [-0.15, -0.1) is 11.3 Å². The van der Waals surface area contributed by atoms with Crippen LogP contribution in [0.1, 0.15) is 27.4 Å². The summed E-state index contributed by atoms with van der Waals surface area (Å²) in [6.07, 6.45) is 0.489. The predicted molar refractivity (Wildman–Crippen MR) is 111 cm³/mol. The van der Waals surface area contributed by atoms with Crippen molar-refractivity contribution in [3.05, 3.63) is 52.2 Å². The lowest BCUT2D eigenvalue weighted by Gasteiger charge is -2.34. The van der Waals surface area contributed by atoms with Crippen LogP contribution in [0.2, 0.25) is 0 Å². The minimum Gasteiger partial charge on any atom is -0.340 e. The molecule has 148 valence electrons. The summed E-state index contributed by atoms with van der Waals surface area (Å²) < 4.78 is 0. The molecule has 1 aliphatic rings. The van der Waals surface area contributed by atoms with E-state index in [4.69, 9.17) is 0 Å². The standard InChI is InChI=1S/C21H25N3O3S/c1-16-7-9-19(28-16)18(25)8-10-21(27)24-13-11-23(12-14-24)15-20(26)22-17-5-3-2-4-6-17/h2-7,9H,8,10-15H2,1H3,(H,22,26). The molecule has 1 aromatic carbocycles. The van der Waals surface area contributed by atoms with Gasteiger partial charge in [-0.25, -0.2) is 0 Å². The Labute approximate surface area is 169 Å². The number of ketones is 1. The average Bonchev–Trinajstić information content (AvgIpc) is 3.13. The van der Waals surface area contributed by atoms with Gasteiger partial charge in [-0.3, -0.25) is 19.3 Å². The lowest BCUT2D eigenvalue weighted by atomic mass is 10.1. The van der Waals surface area contributed by atoms with Crippen molar-refractivity contribution in [1.82, 2.24) is 9.80 Å². The minimum absolute atomic E-state index is 0.00927. The molecular formula is C21H25N3O3S. The largest absolute Gasteiger partial charge is 0.340 e. The molecule has 2 aromatic rings. The summed E-state index contributed by atoms with van der Waals surface area (Å²) in [5, 5.41) is 2.88. The van der Waals surface area contributed by atoms with Gasteiger partial charge in [-0.2, -0.15) is 0 Å². The molecule has 28 heavy (non-hydrogen) atoms. The summed E-state index contributed by atoms with van der Waals surface area (Å²) in [7, 11) is 0. The quantitative estimate of drug-likeness (QED) is 0.727. The second-order valence-electron chi connectivity index (χ2n) is 6.90. The zero-order chi connectivity index (χ0) is 19.9. The molecule has 0 aliphatic carbocycles. The number of carbonyl (C=O) groups excluding carboxylic acids is 3. The topological polar surface area (TPSA) is 69.7 Å². The molecule has 2 amide bonds. The smallest absolute Gasteiger partial charge is 0.238 e. The fraction of sp³-hybridized carbons (Fsp3) is 0.381. The molecule has 0 saturated carbocycles. The number of nitrogens with zero attached hydrogens (tertiary/aromatic N) is 2. The number of benzene rings is 1. The molecule has 1 fully saturated rings. The van der Waals surface area contributed by atoms with Crippen molar-refractivity contribution in [3.8, 4) is 0 Å². The summed E-state index contributed by atoms with van der Waals surface area (Å²) in [5.74, 6) is -0.0134. The Balaban J connectivity index is 1.37. The maximum absolute atomic E-state index is 12.4. The average molecular weight is 400 g/mol. The molecule has 1 aliphatic heterocycles. The van der Waals surface area contributed by atoms with Gasteiger partial charge in [0.2, 0.25) is 11.8 Å². The fourth-order valence-corrected chi connectivity index (χ4v) is 4.00. The van der Waals surface area contributed by atoms with Crippen LogP contribution in [0.25, 0.3) is 0 Å². The van der Waals surface area contributed by atoms with Crippen LogP contribution in [0, 0.1) is 6.92 Å². The zero-order valence-corrected chi connectivity index (χ0v) is 16.8. The number of anilines is 1. The van der Waals surface area contributed by atoms with E-state index in [1.807, 2.05) is 54.3 Å². The van der Waals surface area contributed by atoms with Gasteiger partial charge < -0.3 is 10.2 Å². The van der Waals surface area contributed by atoms with Gasteiger partial charge in [0.15, 0.2) is 5.78 Å². The van der Waals surface area contributed by atoms with E-state index in [0.717, 1.165) is 15.4 Å². The molecular weight excluding hydrogens is 374 g/mol. The van der Waals surface area contributed by atoms with E-state index in [0.29, 0.717) is 32.7 Å². The maximum Gasteiger partial charge on any atom is 0.238 e. The number of hydrogen-bond donors (Lipinski definition) is 1. The predicted octanol–water partition coefficient (Wildman–Crippen LogP) is 2.80. The number of piperazine rings is 1. The monoisotopic (exact) mass is 399 g/mol. The second kappa shape index (κ2) is 9.61. The summed E-state index contributed by atoms with van der Waals surface area (Å²) >= 11 is 1.47. The number of aryl methyl sites for hydroxylation is 1. The normalized spacial score (nSPS) is 14.7. The molecule has 0 bridgehead atoms. The van der Waals surface area contributed by atoms with Crippen LogP contribution in [-0.2, 0) is 9.59 Å². The van der Waals surface area contributed by atoms with Crippen molar-refractivity contribution in [2.24, 2.45) is 0 Å². The van der Waals surface area contributed by atoms with Gasteiger partial charge in [-0.05, 0) is 31.2 Å². The van der Waals surface area contributed by atoms with E-state index in [1.165, 1.54) is 11.3 Å². The van der Waals surface area contributed by atoms with Crippen molar-refractivity contribution in [2.75, 3.05) is 38.0 Å². The van der Waals surface area contributed by atoms with E-state index in [2.05, 4.69) is 5.32 Å². The Morgan fingerprint density at radius 2 is 1.68 bits per heavy atom. The minimum atomic E-state index is -0.0529. The highest BCUT2D eigenvalue weighted by Crippen LogP contribution is 2.18. The number of amides is 2. The molecule has 7 heteroatoms. The Hall–Kier alpha value is -2.51. The first-order chi connectivity index (χ1) is 13.5. The molecule has 0 radical (unpaired) electrons. The lowest BCUT2D eigenvalue weighted by molar-refractivity contribution is -0.133. The molecule has 0 unspecified atom stereocenters. The van der Waals surface area contributed by atoms with E-state index < -0.39 is 0 Å². The van der Waals surface area contributed by atoms with E-state index >= 15 is 0 Å². The van der Waals surface area contributed by atoms with Crippen molar-refractivity contribution in [3.63, 3.8) is 0 Å². The number of Topliss-reactive ketones (excluding diaryl/α,β-unsaturated/α-hetero) is 1. The number of thiophene rings is 1. The zero-order valence-electron chi connectivity index (χ0n) is 16.0. The highest BCUT2D eigenvalue weighted by Gasteiger charge is 2.23. The molecule has 1 N–H and O–H groups in total. The molecule has 1 saturated heterocycles. The highest BCUT2D eigenvalue weighted by atomic mass is 32.1. The third-order valence-electron chi connectivity index (χ3n) is 4.73. The summed E-state index contributed by atoms with van der Waals surface area (Å²) in [4.78, 5) is 42.3. The van der Waals surface area contributed by atoms with Crippen LogP contribution >= 0.6 is 11.3 Å². The maximum atomic E-state index is 12.4. The van der Waals surface area contributed by atoms with Crippen molar-refractivity contribution in [1.29, 1.82) is 0 Å². The molecule has 2 heterocycles. The Morgan fingerprint density at radius 3 is 2.32 bits per heavy atom. The number of nitrogens with one attached hydrogen (secondary N) is 1. The molecule has 6 nitrogen and oxygen atoms in total. The van der Waals surface area contributed by atoms with Crippen molar-refractivity contribution < 1.29 is 14.4 Å².